The highest BCUT2D eigenvalue weighted by Gasteiger charge is 2.22. The van der Waals surface area contributed by atoms with E-state index in [1.54, 1.807) is 10.9 Å². The number of nitrogens with zero attached hydrogens (tertiary/aromatic N) is 2. The second-order valence-corrected chi connectivity index (χ2v) is 6.49. The van der Waals surface area contributed by atoms with Gasteiger partial charge in [0.05, 0.1) is 16.9 Å². The summed E-state index contributed by atoms with van der Waals surface area (Å²) in [6.07, 6.45) is 0.802. The van der Waals surface area contributed by atoms with Crippen molar-refractivity contribution in [1.29, 1.82) is 0 Å². The van der Waals surface area contributed by atoms with E-state index in [9.17, 15) is 5.11 Å². The average molecular weight is 358 g/mol. The molecule has 0 fully saturated rings. The lowest BCUT2D eigenvalue weighted by molar-refractivity contribution is 0.205. The Bertz CT molecular complexity index is 614. The molecule has 1 atom stereocenters. The molecule has 2 rings (SSSR count). The molecule has 0 bridgehead atoms. The van der Waals surface area contributed by atoms with Crippen molar-refractivity contribution in [2.45, 2.75) is 39.8 Å². The Morgan fingerprint density at radius 3 is 2.30 bits per heavy atom. The van der Waals surface area contributed by atoms with E-state index >= 15 is 0 Å². The average Bonchev–Trinajstić information content (AvgIpc) is 2.76. The van der Waals surface area contributed by atoms with Crippen molar-refractivity contribution < 1.29 is 5.11 Å². The molecular weight excluding hydrogens is 340 g/mol. The number of aliphatic hydroxyl groups excluding tert-OH is 1. The molecular formula is C15H18BrClN2O. The van der Waals surface area contributed by atoms with Crippen molar-refractivity contribution in [3.05, 3.63) is 50.2 Å². The Balaban J connectivity index is 2.52. The van der Waals surface area contributed by atoms with Gasteiger partial charge in [-0.2, -0.15) is 5.10 Å². The lowest BCUT2D eigenvalue weighted by atomic mass is 10.0. The third kappa shape index (κ3) is 2.78. The standard InChI is InChI=1S/C15H18BrClN2O/c1-8(2)19-14(12(17)7-18-19)15(20)11-5-9(3)13(16)10(4)6-11/h5-8,15,20H,1-4H3. The molecule has 1 unspecified atom stereocenters. The fourth-order valence-corrected chi connectivity index (χ4v) is 2.78. The molecule has 0 amide bonds. The minimum absolute atomic E-state index is 0.143. The second kappa shape index (κ2) is 5.88. The van der Waals surface area contributed by atoms with Gasteiger partial charge in [0.1, 0.15) is 6.10 Å². The number of hydrogen-bond acceptors (Lipinski definition) is 2. The fraction of sp³-hybridized carbons (Fsp3) is 0.400. The molecule has 20 heavy (non-hydrogen) atoms. The highest BCUT2D eigenvalue weighted by Crippen LogP contribution is 2.33. The quantitative estimate of drug-likeness (QED) is 0.873. The number of aliphatic hydroxyl groups is 1. The summed E-state index contributed by atoms with van der Waals surface area (Å²) in [5, 5.41) is 15.4. The summed E-state index contributed by atoms with van der Waals surface area (Å²) < 4.78 is 2.83. The molecule has 0 aliphatic carbocycles. The third-order valence-corrected chi connectivity index (χ3v) is 4.85. The maximum Gasteiger partial charge on any atom is 0.122 e. The van der Waals surface area contributed by atoms with Gasteiger partial charge in [0.25, 0.3) is 0 Å². The fourth-order valence-electron chi connectivity index (χ4n) is 2.31. The third-order valence-electron chi connectivity index (χ3n) is 3.31. The van der Waals surface area contributed by atoms with E-state index < -0.39 is 6.10 Å². The summed E-state index contributed by atoms with van der Waals surface area (Å²) in [5.74, 6) is 0. The number of aromatic nitrogens is 2. The van der Waals surface area contributed by atoms with Crippen molar-refractivity contribution in [2.75, 3.05) is 0 Å². The van der Waals surface area contributed by atoms with Crippen LogP contribution in [0.4, 0.5) is 0 Å². The van der Waals surface area contributed by atoms with Crippen molar-refractivity contribution in [3.8, 4) is 0 Å². The Labute approximate surface area is 132 Å². The zero-order chi connectivity index (χ0) is 15.0. The van der Waals surface area contributed by atoms with Crippen LogP contribution in [0.2, 0.25) is 5.02 Å². The minimum atomic E-state index is -0.780. The molecule has 0 spiro atoms. The SMILES string of the molecule is Cc1cc(C(O)c2c(Cl)cnn2C(C)C)cc(C)c1Br. The summed E-state index contributed by atoms with van der Waals surface area (Å²) in [4.78, 5) is 0. The van der Waals surface area contributed by atoms with Gasteiger partial charge in [-0.15, -0.1) is 0 Å². The van der Waals surface area contributed by atoms with Crippen LogP contribution in [-0.4, -0.2) is 14.9 Å². The highest BCUT2D eigenvalue weighted by molar-refractivity contribution is 9.10. The maximum atomic E-state index is 10.7. The molecule has 2 aromatic rings. The lowest BCUT2D eigenvalue weighted by Gasteiger charge is -2.18. The van der Waals surface area contributed by atoms with Gasteiger partial charge in [-0.05, 0) is 44.4 Å². The summed E-state index contributed by atoms with van der Waals surface area (Å²) in [6, 6.07) is 4.08. The predicted molar refractivity (Wildman–Crippen MR) is 85.3 cm³/mol. The predicted octanol–water partition coefficient (Wildman–Crippen LogP) is 4.58. The number of benzene rings is 1. The number of halogens is 2. The number of hydrogen-bond donors (Lipinski definition) is 1. The summed E-state index contributed by atoms with van der Waals surface area (Å²) in [5.41, 5.74) is 3.65. The molecule has 5 heteroatoms. The largest absolute Gasteiger partial charge is 0.382 e. The Morgan fingerprint density at radius 1 is 1.25 bits per heavy atom. The molecule has 1 heterocycles. The van der Waals surface area contributed by atoms with Crippen molar-refractivity contribution in [1.82, 2.24) is 9.78 Å². The first-order valence-electron chi connectivity index (χ1n) is 6.50. The van der Waals surface area contributed by atoms with Gasteiger partial charge in [-0.3, -0.25) is 4.68 Å². The molecule has 0 saturated carbocycles. The zero-order valence-electron chi connectivity index (χ0n) is 12.0. The van der Waals surface area contributed by atoms with Crippen LogP contribution in [-0.2, 0) is 0 Å². The van der Waals surface area contributed by atoms with E-state index in [1.807, 2.05) is 39.8 Å². The molecule has 1 aromatic carbocycles. The van der Waals surface area contributed by atoms with Gasteiger partial charge in [0.15, 0.2) is 0 Å². The zero-order valence-corrected chi connectivity index (χ0v) is 14.3. The smallest absolute Gasteiger partial charge is 0.122 e. The minimum Gasteiger partial charge on any atom is -0.382 e. The molecule has 0 saturated heterocycles. The first-order chi connectivity index (χ1) is 9.32. The first kappa shape index (κ1) is 15.5. The molecule has 1 aromatic heterocycles. The van der Waals surface area contributed by atoms with E-state index in [4.69, 9.17) is 11.6 Å². The highest BCUT2D eigenvalue weighted by atomic mass is 79.9. The van der Waals surface area contributed by atoms with Gasteiger partial charge in [0.2, 0.25) is 0 Å². The normalized spacial score (nSPS) is 13.0. The Kier molecular flexibility index (Phi) is 4.57. The molecule has 3 nitrogen and oxygen atoms in total. The van der Waals surface area contributed by atoms with Gasteiger partial charge in [-0.25, -0.2) is 0 Å². The summed E-state index contributed by atoms with van der Waals surface area (Å²) in [6.45, 7) is 8.04. The van der Waals surface area contributed by atoms with Crippen LogP contribution in [0.5, 0.6) is 0 Å². The molecule has 0 radical (unpaired) electrons. The molecule has 1 N–H and O–H groups in total. The molecule has 0 aliphatic heterocycles. The van der Waals surface area contributed by atoms with Gasteiger partial charge >= 0.3 is 0 Å². The molecule has 0 aliphatic rings. The number of aryl methyl sites for hydroxylation is 2. The van der Waals surface area contributed by atoms with E-state index in [2.05, 4.69) is 21.0 Å². The Morgan fingerprint density at radius 2 is 1.80 bits per heavy atom. The van der Waals surface area contributed by atoms with Gasteiger partial charge in [0, 0.05) is 10.5 Å². The summed E-state index contributed by atoms with van der Waals surface area (Å²) >= 11 is 9.73. The van der Waals surface area contributed by atoms with E-state index in [0.29, 0.717) is 10.7 Å². The van der Waals surface area contributed by atoms with Crippen molar-refractivity contribution in [3.63, 3.8) is 0 Å². The van der Waals surface area contributed by atoms with Crippen LogP contribution in [0.1, 0.15) is 48.4 Å². The van der Waals surface area contributed by atoms with Crippen LogP contribution in [0.3, 0.4) is 0 Å². The van der Waals surface area contributed by atoms with E-state index in [1.165, 1.54) is 0 Å². The topological polar surface area (TPSA) is 38.1 Å². The summed E-state index contributed by atoms with van der Waals surface area (Å²) in [7, 11) is 0. The second-order valence-electron chi connectivity index (χ2n) is 5.29. The van der Waals surface area contributed by atoms with Gasteiger partial charge in [-0.1, -0.05) is 39.7 Å². The van der Waals surface area contributed by atoms with Crippen molar-refractivity contribution >= 4 is 27.5 Å². The van der Waals surface area contributed by atoms with E-state index in [-0.39, 0.29) is 6.04 Å². The van der Waals surface area contributed by atoms with Crippen LogP contribution in [0.15, 0.2) is 22.8 Å². The van der Waals surface area contributed by atoms with Crippen LogP contribution in [0, 0.1) is 13.8 Å². The molecule has 108 valence electrons. The lowest BCUT2D eigenvalue weighted by Crippen LogP contribution is -2.13. The Hall–Kier alpha value is -0.840. The van der Waals surface area contributed by atoms with E-state index in [0.717, 1.165) is 21.2 Å². The maximum absolute atomic E-state index is 10.7. The van der Waals surface area contributed by atoms with Crippen LogP contribution >= 0.6 is 27.5 Å². The van der Waals surface area contributed by atoms with Gasteiger partial charge < -0.3 is 5.11 Å². The number of rotatable bonds is 3. The van der Waals surface area contributed by atoms with Crippen molar-refractivity contribution in [2.24, 2.45) is 0 Å². The van der Waals surface area contributed by atoms with Crippen LogP contribution < -0.4 is 0 Å². The monoisotopic (exact) mass is 356 g/mol. The van der Waals surface area contributed by atoms with Crippen LogP contribution in [0.25, 0.3) is 0 Å². The first-order valence-corrected chi connectivity index (χ1v) is 7.67.